The van der Waals surface area contributed by atoms with E-state index in [-0.39, 0.29) is 23.7 Å². The van der Waals surface area contributed by atoms with Crippen LogP contribution in [0.3, 0.4) is 0 Å². The van der Waals surface area contributed by atoms with Crippen molar-refractivity contribution in [1.29, 1.82) is 0 Å². The molecule has 29 heavy (non-hydrogen) atoms. The number of amides is 1. The number of imidazole rings is 1. The summed E-state index contributed by atoms with van der Waals surface area (Å²) in [5, 5.41) is 0. The van der Waals surface area contributed by atoms with Crippen molar-refractivity contribution < 1.29 is 9.53 Å². The van der Waals surface area contributed by atoms with Crippen molar-refractivity contribution in [2.75, 3.05) is 26.8 Å². The zero-order valence-electron chi connectivity index (χ0n) is 18.3. The Morgan fingerprint density at radius 3 is 2.59 bits per heavy atom. The lowest BCUT2D eigenvalue weighted by atomic mass is 9.94. The van der Waals surface area contributed by atoms with Gasteiger partial charge in [-0.3, -0.25) is 4.79 Å². The molecule has 0 saturated carbocycles. The normalized spacial score (nSPS) is 15.1. The largest absolute Gasteiger partial charge is 0.381 e. The van der Waals surface area contributed by atoms with Gasteiger partial charge in [-0.15, -0.1) is 12.4 Å². The first-order valence-corrected chi connectivity index (χ1v) is 10.3. The number of rotatable bonds is 5. The van der Waals surface area contributed by atoms with Gasteiger partial charge >= 0.3 is 0 Å². The SMILES string of the molecule is CCN(C)C(=O)c1cccc(-c2cn(CC3CCOCC3)c(C(C)(C)C)n2)c1.Cl. The summed E-state index contributed by atoms with van der Waals surface area (Å²) >= 11 is 0. The molecule has 0 aliphatic carbocycles. The second kappa shape index (κ2) is 9.77. The molecule has 160 valence electrons. The minimum Gasteiger partial charge on any atom is -0.381 e. The number of carbonyl (C=O) groups is 1. The Labute approximate surface area is 180 Å². The molecule has 0 bridgehead atoms. The summed E-state index contributed by atoms with van der Waals surface area (Å²) in [5.41, 5.74) is 2.59. The molecule has 1 aromatic heterocycles. The molecule has 0 unspecified atom stereocenters. The van der Waals surface area contributed by atoms with Gasteiger partial charge in [-0.25, -0.2) is 4.98 Å². The maximum Gasteiger partial charge on any atom is 0.253 e. The van der Waals surface area contributed by atoms with Gasteiger partial charge < -0.3 is 14.2 Å². The zero-order valence-corrected chi connectivity index (χ0v) is 19.1. The summed E-state index contributed by atoms with van der Waals surface area (Å²) in [6.07, 6.45) is 4.36. The van der Waals surface area contributed by atoms with Crippen LogP contribution < -0.4 is 0 Å². The van der Waals surface area contributed by atoms with E-state index in [0.717, 1.165) is 49.7 Å². The van der Waals surface area contributed by atoms with Gasteiger partial charge in [0.25, 0.3) is 5.91 Å². The molecule has 0 spiro atoms. The highest BCUT2D eigenvalue weighted by Crippen LogP contribution is 2.29. The second-order valence-corrected chi connectivity index (χ2v) is 8.81. The van der Waals surface area contributed by atoms with Crippen LogP contribution >= 0.6 is 12.4 Å². The number of carbonyl (C=O) groups excluding carboxylic acids is 1. The second-order valence-electron chi connectivity index (χ2n) is 8.81. The fraction of sp³-hybridized carbons (Fsp3) is 0.565. The summed E-state index contributed by atoms with van der Waals surface area (Å²) in [6.45, 7) is 12.0. The van der Waals surface area contributed by atoms with E-state index in [1.54, 1.807) is 4.90 Å². The standard InChI is InChI=1S/C23H33N3O2.ClH/c1-6-25(5)21(27)19-9-7-8-18(14-19)20-16-26(22(24-20)23(2,3)4)15-17-10-12-28-13-11-17;/h7-9,14,16-17H,6,10-13,15H2,1-5H3;1H. The van der Waals surface area contributed by atoms with E-state index < -0.39 is 0 Å². The minimum atomic E-state index is -0.0424. The third-order valence-corrected chi connectivity index (χ3v) is 5.47. The molecule has 0 radical (unpaired) electrons. The number of ether oxygens (including phenoxy) is 1. The molecule has 1 aliphatic heterocycles. The van der Waals surface area contributed by atoms with Crippen molar-refractivity contribution in [1.82, 2.24) is 14.5 Å². The van der Waals surface area contributed by atoms with Crippen LogP contribution in [0, 0.1) is 5.92 Å². The van der Waals surface area contributed by atoms with Crippen LogP contribution in [-0.4, -0.2) is 47.2 Å². The first-order chi connectivity index (χ1) is 13.3. The maximum absolute atomic E-state index is 12.5. The van der Waals surface area contributed by atoms with Crippen LogP contribution in [0.4, 0.5) is 0 Å². The first-order valence-electron chi connectivity index (χ1n) is 10.3. The van der Waals surface area contributed by atoms with Crippen LogP contribution in [0.2, 0.25) is 0 Å². The van der Waals surface area contributed by atoms with Crippen LogP contribution in [0.1, 0.15) is 56.7 Å². The molecule has 0 atom stereocenters. The lowest BCUT2D eigenvalue weighted by Crippen LogP contribution is -2.26. The van der Waals surface area contributed by atoms with Gasteiger partial charge in [-0.2, -0.15) is 0 Å². The maximum atomic E-state index is 12.5. The Bertz CT molecular complexity index is 820. The highest BCUT2D eigenvalue weighted by molar-refractivity contribution is 5.95. The molecule has 1 amide bonds. The van der Waals surface area contributed by atoms with Crippen molar-refractivity contribution in [3.05, 3.63) is 41.9 Å². The summed E-state index contributed by atoms with van der Waals surface area (Å²) in [5.74, 6) is 1.77. The van der Waals surface area contributed by atoms with Crippen molar-refractivity contribution in [3.8, 4) is 11.3 Å². The Morgan fingerprint density at radius 2 is 1.97 bits per heavy atom. The number of hydrogen-bond acceptors (Lipinski definition) is 3. The fourth-order valence-electron chi connectivity index (χ4n) is 3.68. The summed E-state index contributed by atoms with van der Waals surface area (Å²) in [6, 6.07) is 7.82. The van der Waals surface area contributed by atoms with Crippen LogP contribution in [0.25, 0.3) is 11.3 Å². The van der Waals surface area contributed by atoms with Crippen LogP contribution in [0.5, 0.6) is 0 Å². The predicted molar refractivity (Wildman–Crippen MR) is 120 cm³/mol. The van der Waals surface area contributed by atoms with Crippen LogP contribution in [-0.2, 0) is 16.7 Å². The van der Waals surface area contributed by atoms with E-state index in [0.29, 0.717) is 18.0 Å². The van der Waals surface area contributed by atoms with Gasteiger partial charge in [0.1, 0.15) is 5.82 Å². The molecule has 5 nitrogen and oxygen atoms in total. The van der Waals surface area contributed by atoms with Gasteiger partial charge in [-0.1, -0.05) is 32.9 Å². The molecular formula is C23H34ClN3O2. The van der Waals surface area contributed by atoms with E-state index in [2.05, 4.69) is 31.5 Å². The zero-order chi connectivity index (χ0) is 20.3. The molecule has 0 N–H and O–H groups in total. The molecule has 2 heterocycles. The van der Waals surface area contributed by atoms with E-state index in [1.165, 1.54) is 0 Å². The molecular weight excluding hydrogens is 386 g/mol. The van der Waals surface area contributed by atoms with Gasteiger partial charge in [0.05, 0.1) is 5.69 Å². The average molecular weight is 420 g/mol. The highest BCUT2D eigenvalue weighted by atomic mass is 35.5. The van der Waals surface area contributed by atoms with Crippen molar-refractivity contribution >= 4 is 18.3 Å². The summed E-state index contributed by atoms with van der Waals surface area (Å²) in [4.78, 5) is 19.3. The molecule has 6 heteroatoms. The number of benzene rings is 1. The predicted octanol–water partition coefficient (Wildman–Crippen LogP) is 4.79. The van der Waals surface area contributed by atoms with Crippen molar-refractivity contribution in [2.45, 2.75) is 52.5 Å². The molecule has 2 aromatic rings. The quantitative estimate of drug-likeness (QED) is 0.700. The Kier molecular flexibility index (Phi) is 7.89. The van der Waals surface area contributed by atoms with Crippen LogP contribution in [0.15, 0.2) is 30.5 Å². The molecule has 3 rings (SSSR count). The average Bonchev–Trinajstić information content (AvgIpc) is 3.12. The Hall–Kier alpha value is -1.85. The minimum absolute atomic E-state index is 0. The van der Waals surface area contributed by atoms with E-state index in [4.69, 9.17) is 9.72 Å². The number of hydrogen-bond donors (Lipinski definition) is 0. The monoisotopic (exact) mass is 419 g/mol. The topological polar surface area (TPSA) is 47.4 Å². The summed E-state index contributed by atoms with van der Waals surface area (Å²) < 4.78 is 7.83. The van der Waals surface area contributed by atoms with Gasteiger partial charge in [0, 0.05) is 56.1 Å². The van der Waals surface area contributed by atoms with E-state index >= 15 is 0 Å². The Morgan fingerprint density at radius 1 is 1.28 bits per heavy atom. The number of aromatic nitrogens is 2. The third-order valence-electron chi connectivity index (χ3n) is 5.47. The van der Waals surface area contributed by atoms with E-state index in [1.807, 2.05) is 38.2 Å². The smallest absolute Gasteiger partial charge is 0.253 e. The van der Waals surface area contributed by atoms with Gasteiger partial charge in [-0.05, 0) is 37.8 Å². The number of halogens is 1. The molecule has 1 aliphatic rings. The lowest BCUT2D eigenvalue weighted by molar-refractivity contribution is 0.0607. The van der Waals surface area contributed by atoms with Gasteiger partial charge in [0.2, 0.25) is 0 Å². The summed E-state index contributed by atoms with van der Waals surface area (Å²) in [7, 11) is 1.83. The van der Waals surface area contributed by atoms with E-state index in [9.17, 15) is 4.79 Å². The Balaban J connectivity index is 0.00000300. The van der Waals surface area contributed by atoms with Crippen molar-refractivity contribution in [3.63, 3.8) is 0 Å². The first kappa shape index (κ1) is 23.4. The van der Waals surface area contributed by atoms with Crippen molar-refractivity contribution in [2.24, 2.45) is 5.92 Å². The third kappa shape index (κ3) is 5.61. The molecule has 1 aromatic carbocycles. The highest BCUT2D eigenvalue weighted by Gasteiger charge is 2.25. The van der Waals surface area contributed by atoms with Gasteiger partial charge in [0.15, 0.2) is 0 Å². The lowest BCUT2D eigenvalue weighted by Gasteiger charge is -2.25. The molecule has 1 fully saturated rings. The fourth-order valence-corrected chi connectivity index (χ4v) is 3.68. The molecule has 1 saturated heterocycles. The number of nitrogens with zero attached hydrogens (tertiary/aromatic N) is 3.